The van der Waals surface area contributed by atoms with Crippen LogP contribution in [0.3, 0.4) is 0 Å². The van der Waals surface area contributed by atoms with Crippen LogP contribution in [0.2, 0.25) is 0 Å². The van der Waals surface area contributed by atoms with Crippen LogP contribution in [0.4, 0.5) is 4.79 Å². The number of aliphatic hydroxyl groups excluding tert-OH is 1. The molecule has 0 aromatic rings. The molecule has 3 heterocycles. The summed E-state index contributed by atoms with van der Waals surface area (Å²) in [6.45, 7) is 19.0. The van der Waals surface area contributed by atoms with E-state index in [0.717, 1.165) is 13.1 Å². The Morgan fingerprint density at radius 3 is 2.42 bits per heavy atom. The van der Waals surface area contributed by atoms with Crippen molar-refractivity contribution in [2.24, 2.45) is 11.8 Å². The maximum atomic E-state index is 13.2. The van der Waals surface area contributed by atoms with Gasteiger partial charge < -0.3 is 39.2 Å². The van der Waals surface area contributed by atoms with Crippen LogP contribution in [-0.4, -0.2) is 123 Å². The topological polar surface area (TPSA) is 159 Å². The monoisotopic (exact) mass is 706 g/mol. The molecule has 0 bridgehead atoms. The van der Waals surface area contributed by atoms with Gasteiger partial charge in [-0.1, -0.05) is 45.1 Å². The molecule has 0 aliphatic carbocycles. The highest BCUT2D eigenvalue weighted by molar-refractivity contribution is 5.70. The Morgan fingerprint density at radius 2 is 1.82 bits per heavy atom. The molecule has 3 N–H and O–H groups in total. The summed E-state index contributed by atoms with van der Waals surface area (Å²) in [4.78, 5) is 41.5. The van der Waals surface area contributed by atoms with Crippen molar-refractivity contribution in [2.75, 3.05) is 26.2 Å². The van der Waals surface area contributed by atoms with Crippen molar-refractivity contribution < 1.29 is 48.7 Å². The van der Waals surface area contributed by atoms with E-state index >= 15 is 0 Å². The third-order valence-electron chi connectivity index (χ3n) is 10.2. The lowest BCUT2D eigenvalue weighted by Crippen LogP contribution is -2.52. The first kappa shape index (κ1) is 41.6. The van der Waals surface area contributed by atoms with Crippen LogP contribution < -0.4 is 0 Å². The summed E-state index contributed by atoms with van der Waals surface area (Å²) in [6, 6.07) is 0.382. The number of aliphatic hydroxyl groups is 3. The highest BCUT2D eigenvalue weighted by Crippen LogP contribution is 2.38. The number of ether oxygens (including phenoxy) is 4. The molecule has 3 aliphatic rings. The zero-order valence-electron chi connectivity index (χ0n) is 31.5. The normalized spacial score (nSPS) is 33.4. The fourth-order valence-electron chi connectivity index (χ4n) is 6.80. The SMILES string of the molecule is CCC(OC(C)=O)C(C)C1OC1CC(C)(O)/C=C/C=C(\C)C1OC(=O)CC(O)CCC(C)(O)C(OC(=O)N2CCN(C(C)C)CC2)/C=C/C1C. The number of allylic oxidation sites excluding steroid dienone is 2. The van der Waals surface area contributed by atoms with Gasteiger partial charge in [-0.15, -0.1) is 0 Å². The van der Waals surface area contributed by atoms with E-state index < -0.39 is 47.5 Å². The third kappa shape index (κ3) is 12.5. The van der Waals surface area contributed by atoms with Crippen molar-refractivity contribution in [1.82, 2.24) is 9.80 Å². The fraction of sp³-hybridized carbons (Fsp3) is 0.763. The number of rotatable bonds is 11. The summed E-state index contributed by atoms with van der Waals surface area (Å²) in [5.41, 5.74) is -1.99. The van der Waals surface area contributed by atoms with E-state index in [0.29, 0.717) is 37.5 Å². The first-order valence-corrected chi connectivity index (χ1v) is 18.2. The van der Waals surface area contributed by atoms with Gasteiger partial charge >= 0.3 is 18.0 Å². The Hall–Kier alpha value is -2.77. The zero-order valence-corrected chi connectivity index (χ0v) is 31.5. The van der Waals surface area contributed by atoms with Crippen LogP contribution >= 0.6 is 0 Å². The van der Waals surface area contributed by atoms with Gasteiger partial charge in [0.25, 0.3) is 0 Å². The largest absolute Gasteiger partial charge is 0.462 e. The molecule has 0 radical (unpaired) electrons. The number of piperazine rings is 1. The van der Waals surface area contributed by atoms with Gasteiger partial charge in [-0.2, -0.15) is 0 Å². The van der Waals surface area contributed by atoms with Gasteiger partial charge in [0.1, 0.15) is 17.8 Å². The van der Waals surface area contributed by atoms with E-state index in [2.05, 4.69) is 18.7 Å². The summed E-state index contributed by atoms with van der Waals surface area (Å²) < 4.78 is 23.1. The Bertz CT molecular complexity index is 1240. The molecule has 10 atom stereocenters. The molecule has 12 nitrogen and oxygen atoms in total. The van der Waals surface area contributed by atoms with Crippen LogP contribution in [0.25, 0.3) is 0 Å². The van der Waals surface area contributed by atoms with E-state index in [9.17, 15) is 29.7 Å². The van der Waals surface area contributed by atoms with Gasteiger partial charge in [0, 0.05) is 57.4 Å². The Balaban J connectivity index is 1.72. The number of epoxide rings is 1. The number of carbonyl (C=O) groups excluding carboxylic acids is 3. The highest BCUT2D eigenvalue weighted by atomic mass is 16.6. The van der Waals surface area contributed by atoms with Crippen molar-refractivity contribution in [2.45, 2.75) is 148 Å². The molecule has 12 heteroatoms. The summed E-state index contributed by atoms with van der Waals surface area (Å²) in [7, 11) is 0. The van der Waals surface area contributed by atoms with Crippen LogP contribution in [-0.2, 0) is 28.5 Å². The Kier molecular flexibility index (Phi) is 15.1. The number of hydrogen-bond acceptors (Lipinski definition) is 11. The highest BCUT2D eigenvalue weighted by Gasteiger charge is 2.48. The lowest BCUT2D eigenvalue weighted by Gasteiger charge is -2.38. The van der Waals surface area contributed by atoms with Gasteiger partial charge in [-0.05, 0) is 65.5 Å². The predicted molar refractivity (Wildman–Crippen MR) is 189 cm³/mol. The van der Waals surface area contributed by atoms with Gasteiger partial charge in [-0.3, -0.25) is 14.5 Å². The van der Waals surface area contributed by atoms with Crippen LogP contribution in [0, 0.1) is 11.8 Å². The maximum absolute atomic E-state index is 13.2. The average molecular weight is 707 g/mol. The van der Waals surface area contributed by atoms with Gasteiger partial charge in [-0.25, -0.2) is 4.79 Å². The molecule has 0 saturated carbocycles. The number of esters is 2. The van der Waals surface area contributed by atoms with Crippen molar-refractivity contribution in [3.8, 4) is 0 Å². The summed E-state index contributed by atoms with van der Waals surface area (Å²) in [5.74, 6) is -1.29. The Labute approximate surface area is 298 Å². The van der Waals surface area contributed by atoms with E-state index in [1.807, 2.05) is 27.7 Å². The summed E-state index contributed by atoms with van der Waals surface area (Å²) in [6.07, 6.45) is 5.74. The molecule has 284 valence electrons. The molecule has 3 aliphatic heterocycles. The lowest BCUT2D eigenvalue weighted by molar-refractivity contribution is -0.152. The van der Waals surface area contributed by atoms with Crippen molar-refractivity contribution in [3.05, 3.63) is 36.0 Å². The number of carbonyl (C=O) groups is 3. The number of nitrogens with zero attached hydrogens (tertiary/aromatic N) is 2. The first-order chi connectivity index (χ1) is 23.3. The van der Waals surface area contributed by atoms with E-state index in [1.165, 1.54) is 6.92 Å². The minimum Gasteiger partial charge on any atom is -0.462 e. The predicted octanol–water partition coefficient (Wildman–Crippen LogP) is 4.31. The van der Waals surface area contributed by atoms with Gasteiger partial charge in [0.15, 0.2) is 6.10 Å². The number of amides is 1. The van der Waals surface area contributed by atoms with Gasteiger partial charge in [0.2, 0.25) is 0 Å². The third-order valence-corrected chi connectivity index (χ3v) is 10.2. The maximum Gasteiger partial charge on any atom is 0.410 e. The number of hydrogen-bond donors (Lipinski definition) is 3. The summed E-state index contributed by atoms with van der Waals surface area (Å²) >= 11 is 0. The first-order valence-electron chi connectivity index (χ1n) is 18.2. The van der Waals surface area contributed by atoms with E-state index in [1.54, 1.807) is 49.1 Å². The van der Waals surface area contributed by atoms with Crippen LogP contribution in [0.1, 0.15) is 94.4 Å². The molecule has 2 fully saturated rings. The van der Waals surface area contributed by atoms with Crippen molar-refractivity contribution in [3.63, 3.8) is 0 Å². The zero-order chi connectivity index (χ0) is 37.4. The molecule has 50 heavy (non-hydrogen) atoms. The minimum atomic E-state index is -1.50. The fourth-order valence-corrected chi connectivity index (χ4v) is 6.80. The molecule has 0 aromatic carbocycles. The lowest BCUT2D eigenvalue weighted by atomic mass is 9.88. The molecule has 2 saturated heterocycles. The molecule has 1 amide bonds. The van der Waals surface area contributed by atoms with Crippen molar-refractivity contribution in [1.29, 1.82) is 0 Å². The molecular weight excluding hydrogens is 644 g/mol. The number of cyclic esters (lactones) is 1. The quantitative estimate of drug-likeness (QED) is 0.0925. The van der Waals surface area contributed by atoms with Gasteiger partial charge in [0.05, 0.1) is 30.3 Å². The second-order valence-electron chi connectivity index (χ2n) is 15.2. The molecule has 10 unspecified atom stereocenters. The van der Waals surface area contributed by atoms with Crippen molar-refractivity contribution >= 4 is 18.0 Å². The molecule has 0 spiro atoms. The summed E-state index contributed by atoms with van der Waals surface area (Å²) in [5, 5.41) is 33.2. The molecule has 0 aromatic heterocycles. The minimum absolute atomic E-state index is 0.00748. The molecule has 3 rings (SSSR count). The van der Waals surface area contributed by atoms with E-state index in [4.69, 9.17) is 18.9 Å². The smallest absolute Gasteiger partial charge is 0.410 e. The standard InChI is InChI=1S/C38H62N2O10/c1-10-30(47-28(7)41)27(6)35-31(48-35)23-37(8,45)16-11-12-25(4)34-26(5)13-14-32(38(9,46)17-15-29(42)22-33(43)50-34)49-36(44)40-20-18-39(19-21-40)24(2)3/h11-14,16,24,26-27,29-32,34-35,42,45-46H,10,15,17-23H2,1-9H3/b14-13+,16-11+,25-12+. The Morgan fingerprint density at radius 1 is 1.16 bits per heavy atom. The molecular formula is C38H62N2O10. The average Bonchev–Trinajstić information content (AvgIpc) is 3.80. The second kappa shape index (κ2) is 18.1. The van der Waals surface area contributed by atoms with E-state index in [-0.39, 0.29) is 49.5 Å². The van der Waals surface area contributed by atoms with Crippen LogP contribution in [0.15, 0.2) is 36.0 Å². The second-order valence-corrected chi connectivity index (χ2v) is 15.2. The van der Waals surface area contributed by atoms with Crippen LogP contribution in [0.5, 0.6) is 0 Å².